The highest BCUT2D eigenvalue weighted by Crippen LogP contribution is 2.31. The summed E-state index contributed by atoms with van der Waals surface area (Å²) in [6.45, 7) is 4.31. The van der Waals surface area contributed by atoms with Crippen LogP contribution in [0.3, 0.4) is 0 Å². The topological polar surface area (TPSA) is 93.7 Å². The van der Waals surface area contributed by atoms with E-state index in [0.717, 1.165) is 27.4 Å². The predicted octanol–water partition coefficient (Wildman–Crippen LogP) is 3.75. The van der Waals surface area contributed by atoms with Crippen LogP contribution < -0.4 is 19.7 Å². The second-order valence-corrected chi connectivity index (χ2v) is 9.11. The maximum absolute atomic E-state index is 12.8. The lowest BCUT2D eigenvalue weighted by Crippen LogP contribution is -2.28. The molecule has 1 N–H and O–H groups in total. The number of benzene rings is 2. The van der Waals surface area contributed by atoms with Crippen molar-refractivity contribution in [2.24, 2.45) is 5.92 Å². The molecule has 8 nitrogen and oxygen atoms in total. The van der Waals surface area contributed by atoms with Crippen molar-refractivity contribution < 1.29 is 19.1 Å². The van der Waals surface area contributed by atoms with E-state index in [9.17, 15) is 9.59 Å². The Bertz CT molecular complexity index is 1190. The van der Waals surface area contributed by atoms with Crippen LogP contribution in [0.25, 0.3) is 0 Å². The molecule has 33 heavy (non-hydrogen) atoms. The fraction of sp³-hybridized carbons (Fsp3) is 0.333. The van der Waals surface area contributed by atoms with Gasteiger partial charge in [0, 0.05) is 25.1 Å². The average molecular weight is 467 g/mol. The van der Waals surface area contributed by atoms with E-state index in [1.807, 2.05) is 50.2 Å². The summed E-state index contributed by atoms with van der Waals surface area (Å²) in [7, 11) is 3.19. The molecule has 0 saturated carbocycles. The van der Waals surface area contributed by atoms with Crippen LogP contribution in [-0.4, -0.2) is 42.8 Å². The lowest BCUT2D eigenvalue weighted by atomic mass is 10.1. The van der Waals surface area contributed by atoms with Gasteiger partial charge in [0.05, 0.1) is 20.1 Å². The maximum atomic E-state index is 12.8. The summed E-state index contributed by atoms with van der Waals surface area (Å²) < 4.78 is 10.6. The van der Waals surface area contributed by atoms with E-state index in [1.165, 1.54) is 11.3 Å². The van der Waals surface area contributed by atoms with Gasteiger partial charge in [0.2, 0.25) is 16.9 Å². The summed E-state index contributed by atoms with van der Waals surface area (Å²) in [6.07, 6.45) is 0.729. The molecule has 9 heteroatoms. The zero-order valence-corrected chi connectivity index (χ0v) is 19.9. The summed E-state index contributed by atoms with van der Waals surface area (Å²) in [5.41, 5.74) is 3.95. The Kier molecular flexibility index (Phi) is 6.60. The van der Waals surface area contributed by atoms with Crippen LogP contribution in [0.2, 0.25) is 0 Å². The Morgan fingerprint density at radius 2 is 1.91 bits per heavy atom. The minimum Gasteiger partial charge on any atom is -0.493 e. The van der Waals surface area contributed by atoms with Crippen LogP contribution in [0.5, 0.6) is 11.5 Å². The standard InChI is InChI=1S/C24H26N4O4S/c1-14-5-6-15(2)18(9-14)28-13-17(12-22(28)29)23(30)25-24-27-26-21(33-24)11-16-7-8-19(31-3)20(10-16)32-4/h5-10,17H,11-13H2,1-4H3,(H,25,27,30). The van der Waals surface area contributed by atoms with Crippen LogP contribution in [0.1, 0.15) is 28.1 Å². The van der Waals surface area contributed by atoms with E-state index in [2.05, 4.69) is 15.5 Å². The highest BCUT2D eigenvalue weighted by Gasteiger charge is 2.36. The van der Waals surface area contributed by atoms with Crippen molar-refractivity contribution >= 4 is 34.0 Å². The molecule has 2 amide bonds. The van der Waals surface area contributed by atoms with Gasteiger partial charge < -0.3 is 19.7 Å². The molecular weight excluding hydrogens is 440 g/mol. The van der Waals surface area contributed by atoms with Crippen molar-refractivity contribution in [3.05, 3.63) is 58.1 Å². The number of rotatable bonds is 7. The number of carbonyl (C=O) groups is 2. The summed E-state index contributed by atoms with van der Waals surface area (Å²) in [6, 6.07) is 11.7. The number of ether oxygens (including phenoxy) is 2. The first-order chi connectivity index (χ1) is 15.9. The molecule has 3 aromatic rings. The summed E-state index contributed by atoms with van der Waals surface area (Å²) in [4.78, 5) is 27.1. The fourth-order valence-corrected chi connectivity index (χ4v) is 4.65. The number of methoxy groups -OCH3 is 2. The van der Waals surface area contributed by atoms with E-state index in [-0.39, 0.29) is 18.2 Å². The third kappa shape index (κ3) is 4.98. The molecule has 0 spiro atoms. The largest absolute Gasteiger partial charge is 0.493 e. The van der Waals surface area contributed by atoms with Crippen molar-refractivity contribution in [3.63, 3.8) is 0 Å². The van der Waals surface area contributed by atoms with E-state index < -0.39 is 5.92 Å². The van der Waals surface area contributed by atoms with Crippen molar-refractivity contribution in [1.29, 1.82) is 0 Å². The SMILES string of the molecule is COc1ccc(Cc2nnc(NC(=O)C3CC(=O)N(c4cc(C)ccc4C)C3)s2)cc1OC. The number of aryl methyl sites for hydroxylation is 2. The number of nitrogens with one attached hydrogen (secondary N) is 1. The van der Waals surface area contributed by atoms with Crippen molar-refractivity contribution in [1.82, 2.24) is 10.2 Å². The molecule has 0 bridgehead atoms. The number of nitrogens with zero attached hydrogens (tertiary/aromatic N) is 3. The fourth-order valence-electron chi connectivity index (χ4n) is 3.87. The first kappa shape index (κ1) is 22.7. The number of amides is 2. The summed E-state index contributed by atoms with van der Waals surface area (Å²) >= 11 is 1.32. The van der Waals surface area contributed by atoms with E-state index in [4.69, 9.17) is 9.47 Å². The first-order valence-corrected chi connectivity index (χ1v) is 11.4. The number of carbonyl (C=O) groups excluding carboxylic acids is 2. The summed E-state index contributed by atoms with van der Waals surface area (Å²) in [5.74, 6) is 0.607. The molecule has 1 aliphatic heterocycles. The van der Waals surface area contributed by atoms with Crippen molar-refractivity contribution in [2.75, 3.05) is 31.0 Å². The molecule has 2 heterocycles. The molecule has 1 unspecified atom stereocenters. The maximum Gasteiger partial charge on any atom is 0.231 e. The van der Waals surface area contributed by atoms with Crippen LogP contribution in [0, 0.1) is 19.8 Å². The Labute approximate surface area is 196 Å². The van der Waals surface area contributed by atoms with Gasteiger partial charge in [0.1, 0.15) is 5.01 Å². The third-order valence-electron chi connectivity index (χ3n) is 5.65. The predicted molar refractivity (Wildman–Crippen MR) is 127 cm³/mol. The van der Waals surface area contributed by atoms with Gasteiger partial charge in [-0.25, -0.2) is 0 Å². The molecule has 4 rings (SSSR count). The lowest BCUT2D eigenvalue weighted by Gasteiger charge is -2.19. The van der Waals surface area contributed by atoms with Crippen LogP contribution in [0.15, 0.2) is 36.4 Å². The molecule has 1 fully saturated rings. The second-order valence-electron chi connectivity index (χ2n) is 8.05. The number of aromatic nitrogens is 2. The molecule has 1 atom stereocenters. The zero-order chi connectivity index (χ0) is 23.5. The minimum absolute atomic E-state index is 0.0461. The molecule has 172 valence electrons. The van der Waals surface area contributed by atoms with E-state index in [0.29, 0.717) is 29.6 Å². The van der Waals surface area contributed by atoms with Crippen LogP contribution in [0.4, 0.5) is 10.8 Å². The molecule has 1 saturated heterocycles. The monoisotopic (exact) mass is 466 g/mol. The molecule has 1 aromatic heterocycles. The molecule has 1 aliphatic rings. The minimum atomic E-state index is -0.435. The Hall–Kier alpha value is -3.46. The van der Waals surface area contributed by atoms with Gasteiger partial charge in [0.25, 0.3) is 0 Å². The number of anilines is 2. The number of hydrogen-bond donors (Lipinski definition) is 1. The van der Waals surface area contributed by atoms with Gasteiger partial charge in [-0.05, 0) is 48.7 Å². The molecular formula is C24H26N4O4S. The van der Waals surface area contributed by atoms with Crippen LogP contribution in [-0.2, 0) is 16.0 Å². The number of hydrogen-bond acceptors (Lipinski definition) is 7. The van der Waals surface area contributed by atoms with E-state index in [1.54, 1.807) is 19.1 Å². The summed E-state index contributed by atoms with van der Waals surface area (Å²) in [5, 5.41) is 12.3. The van der Waals surface area contributed by atoms with Gasteiger partial charge >= 0.3 is 0 Å². The van der Waals surface area contributed by atoms with Gasteiger partial charge in [-0.15, -0.1) is 10.2 Å². The Morgan fingerprint density at radius 1 is 1.12 bits per heavy atom. The van der Waals surface area contributed by atoms with Crippen LogP contribution >= 0.6 is 11.3 Å². The van der Waals surface area contributed by atoms with Crippen molar-refractivity contribution in [3.8, 4) is 11.5 Å². The van der Waals surface area contributed by atoms with E-state index >= 15 is 0 Å². The van der Waals surface area contributed by atoms with Gasteiger partial charge in [-0.2, -0.15) is 0 Å². The zero-order valence-electron chi connectivity index (χ0n) is 19.0. The normalized spacial score (nSPS) is 15.6. The highest BCUT2D eigenvalue weighted by atomic mass is 32.1. The second kappa shape index (κ2) is 9.58. The molecule has 2 aromatic carbocycles. The van der Waals surface area contributed by atoms with Crippen molar-refractivity contribution in [2.45, 2.75) is 26.7 Å². The smallest absolute Gasteiger partial charge is 0.231 e. The van der Waals surface area contributed by atoms with Gasteiger partial charge in [-0.3, -0.25) is 9.59 Å². The highest BCUT2D eigenvalue weighted by molar-refractivity contribution is 7.15. The Morgan fingerprint density at radius 3 is 2.67 bits per heavy atom. The van der Waals surface area contributed by atoms with Gasteiger partial charge in [-0.1, -0.05) is 29.5 Å². The Balaban J connectivity index is 1.40. The first-order valence-electron chi connectivity index (χ1n) is 10.6. The lowest BCUT2D eigenvalue weighted by molar-refractivity contribution is -0.122. The third-order valence-corrected chi connectivity index (χ3v) is 6.49. The molecule has 0 radical (unpaired) electrons. The molecule has 0 aliphatic carbocycles. The van der Waals surface area contributed by atoms with Gasteiger partial charge in [0.15, 0.2) is 11.5 Å². The quantitative estimate of drug-likeness (QED) is 0.570. The average Bonchev–Trinajstić information content (AvgIpc) is 3.41.